The molecule has 1 aromatic carbocycles. The van der Waals surface area contributed by atoms with Gasteiger partial charge in [-0.25, -0.2) is 0 Å². The molecule has 0 unspecified atom stereocenters. The summed E-state index contributed by atoms with van der Waals surface area (Å²) in [5, 5.41) is 7.21. The molecule has 2 atom stereocenters. The molecule has 2 N–H and O–H groups in total. The number of benzene rings is 1. The highest BCUT2D eigenvalue weighted by molar-refractivity contribution is 5.33. The fourth-order valence-corrected chi connectivity index (χ4v) is 2.89. The van der Waals surface area contributed by atoms with E-state index in [0.717, 1.165) is 24.9 Å². The second-order valence-electron chi connectivity index (χ2n) is 5.41. The predicted octanol–water partition coefficient (Wildman–Crippen LogP) is 1.89. The Bertz CT molecular complexity index is 384. The zero-order chi connectivity index (χ0) is 12.4. The van der Waals surface area contributed by atoms with Crippen molar-refractivity contribution in [1.82, 2.24) is 10.6 Å². The molecule has 0 bridgehead atoms. The molecule has 3 nitrogen and oxygen atoms in total. The lowest BCUT2D eigenvalue weighted by Crippen LogP contribution is -2.41. The zero-order valence-electron chi connectivity index (χ0n) is 11.0. The maximum Gasteiger partial charge on any atom is 0.118 e. The van der Waals surface area contributed by atoms with Crippen LogP contribution in [0, 0.1) is 0 Å². The quantitative estimate of drug-likeness (QED) is 0.851. The summed E-state index contributed by atoms with van der Waals surface area (Å²) in [5.74, 6) is 1.66. The first-order valence-electron chi connectivity index (χ1n) is 6.97. The van der Waals surface area contributed by atoms with Gasteiger partial charge in [0, 0.05) is 18.0 Å². The van der Waals surface area contributed by atoms with Crippen LogP contribution in [0.25, 0.3) is 0 Å². The third-order valence-corrected chi connectivity index (χ3v) is 4.12. The van der Waals surface area contributed by atoms with Crippen LogP contribution < -0.4 is 15.4 Å². The van der Waals surface area contributed by atoms with Crippen LogP contribution in [-0.2, 0) is 0 Å². The van der Waals surface area contributed by atoms with Crippen LogP contribution in [0.4, 0.5) is 0 Å². The summed E-state index contributed by atoms with van der Waals surface area (Å²) in [6, 6.07) is 9.95. The van der Waals surface area contributed by atoms with Crippen LogP contribution in [-0.4, -0.2) is 32.3 Å². The lowest BCUT2D eigenvalue weighted by molar-refractivity contribution is 0.383. The van der Waals surface area contributed by atoms with Gasteiger partial charge in [-0.2, -0.15) is 0 Å². The molecular formula is C15H22N2O. The van der Waals surface area contributed by atoms with Crippen molar-refractivity contribution < 1.29 is 4.74 Å². The van der Waals surface area contributed by atoms with Crippen molar-refractivity contribution in [3.05, 3.63) is 29.8 Å². The van der Waals surface area contributed by atoms with E-state index in [-0.39, 0.29) is 0 Å². The van der Waals surface area contributed by atoms with Crippen LogP contribution in [0.5, 0.6) is 5.75 Å². The third-order valence-electron chi connectivity index (χ3n) is 4.12. The SMILES string of the molecule is COc1ccc([C@H]2C[C@@H]2NC2CCNCC2)cc1. The minimum absolute atomic E-state index is 0.696. The highest BCUT2D eigenvalue weighted by Crippen LogP contribution is 2.41. The van der Waals surface area contributed by atoms with E-state index in [1.165, 1.54) is 24.8 Å². The van der Waals surface area contributed by atoms with Crippen molar-refractivity contribution in [1.29, 1.82) is 0 Å². The van der Waals surface area contributed by atoms with Crippen molar-refractivity contribution >= 4 is 0 Å². The molecule has 98 valence electrons. The average Bonchev–Trinajstić information content (AvgIpc) is 3.19. The van der Waals surface area contributed by atoms with Gasteiger partial charge in [0.25, 0.3) is 0 Å². The maximum absolute atomic E-state index is 5.20. The second-order valence-corrected chi connectivity index (χ2v) is 5.41. The first-order valence-corrected chi connectivity index (χ1v) is 6.97. The fraction of sp³-hybridized carbons (Fsp3) is 0.600. The van der Waals surface area contributed by atoms with Gasteiger partial charge >= 0.3 is 0 Å². The number of nitrogens with one attached hydrogen (secondary N) is 2. The van der Waals surface area contributed by atoms with Crippen molar-refractivity contribution in [2.75, 3.05) is 20.2 Å². The van der Waals surface area contributed by atoms with Crippen LogP contribution in [0.3, 0.4) is 0 Å². The third kappa shape index (κ3) is 2.68. The van der Waals surface area contributed by atoms with E-state index in [1.807, 2.05) is 0 Å². The minimum atomic E-state index is 0.696. The molecule has 1 aliphatic carbocycles. The van der Waals surface area contributed by atoms with E-state index in [4.69, 9.17) is 4.74 Å². The Hall–Kier alpha value is -1.06. The molecule has 0 spiro atoms. The molecule has 1 saturated heterocycles. The first-order chi connectivity index (χ1) is 8.86. The van der Waals surface area contributed by atoms with Gasteiger partial charge in [-0.15, -0.1) is 0 Å². The molecule has 1 aromatic rings. The van der Waals surface area contributed by atoms with Gasteiger partial charge < -0.3 is 15.4 Å². The molecular weight excluding hydrogens is 224 g/mol. The first kappa shape index (κ1) is 12.0. The van der Waals surface area contributed by atoms with Crippen LogP contribution in [0.1, 0.15) is 30.7 Å². The summed E-state index contributed by atoms with van der Waals surface area (Å²) in [7, 11) is 1.72. The number of hydrogen-bond acceptors (Lipinski definition) is 3. The predicted molar refractivity (Wildman–Crippen MR) is 73.2 cm³/mol. The summed E-state index contributed by atoms with van der Waals surface area (Å²) >= 11 is 0. The summed E-state index contributed by atoms with van der Waals surface area (Å²) in [5.41, 5.74) is 1.45. The molecule has 0 radical (unpaired) electrons. The summed E-state index contributed by atoms with van der Waals surface area (Å²) in [6.45, 7) is 2.33. The van der Waals surface area contributed by atoms with E-state index in [9.17, 15) is 0 Å². The number of rotatable bonds is 4. The molecule has 1 aliphatic heterocycles. The van der Waals surface area contributed by atoms with E-state index < -0.39 is 0 Å². The van der Waals surface area contributed by atoms with Crippen molar-refractivity contribution in [3.63, 3.8) is 0 Å². The van der Waals surface area contributed by atoms with Crippen molar-refractivity contribution in [3.8, 4) is 5.75 Å². The van der Waals surface area contributed by atoms with Gasteiger partial charge in [0.1, 0.15) is 5.75 Å². The molecule has 0 aromatic heterocycles. The number of hydrogen-bond donors (Lipinski definition) is 2. The Morgan fingerprint density at radius 3 is 2.56 bits per heavy atom. The summed E-state index contributed by atoms with van der Waals surface area (Å²) in [4.78, 5) is 0. The molecule has 1 heterocycles. The van der Waals surface area contributed by atoms with Gasteiger partial charge in [-0.3, -0.25) is 0 Å². The Morgan fingerprint density at radius 1 is 1.17 bits per heavy atom. The van der Waals surface area contributed by atoms with Crippen LogP contribution in [0.2, 0.25) is 0 Å². The van der Waals surface area contributed by atoms with Crippen LogP contribution in [0.15, 0.2) is 24.3 Å². The molecule has 2 fully saturated rings. The van der Waals surface area contributed by atoms with E-state index in [0.29, 0.717) is 12.0 Å². The lowest BCUT2D eigenvalue weighted by atomic mass is 10.1. The molecule has 3 rings (SSSR count). The number of ether oxygens (including phenoxy) is 1. The Labute approximate surface area is 109 Å². The van der Waals surface area contributed by atoms with Gasteiger partial charge in [0.05, 0.1) is 7.11 Å². The Morgan fingerprint density at radius 2 is 1.89 bits per heavy atom. The van der Waals surface area contributed by atoms with Gasteiger partial charge in [0.15, 0.2) is 0 Å². The monoisotopic (exact) mass is 246 g/mol. The average molecular weight is 246 g/mol. The molecule has 0 amide bonds. The van der Waals surface area contributed by atoms with E-state index in [1.54, 1.807) is 7.11 Å². The molecule has 1 saturated carbocycles. The maximum atomic E-state index is 5.20. The highest BCUT2D eigenvalue weighted by Gasteiger charge is 2.39. The number of piperidine rings is 1. The van der Waals surface area contributed by atoms with Crippen LogP contribution >= 0.6 is 0 Å². The largest absolute Gasteiger partial charge is 0.497 e. The minimum Gasteiger partial charge on any atom is -0.497 e. The van der Waals surface area contributed by atoms with Crippen molar-refractivity contribution in [2.45, 2.75) is 37.3 Å². The molecule has 2 aliphatic rings. The smallest absolute Gasteiger partial charge is 0.118 e. The lowest BCUT2D eigenvalue weighted by Gasteiger charge is -2.24. The van der Waals surface area contributed by atoms with E-state index in [2.05, 4.69) is 34.9 Å². The zero-order valence-corrected chi connectivity index (χ0v) is 11.0. The second kappa shape index (κ2) is 5.29. The normalized spacial score (nSPS) is 28.1. The molecule has 3 heteroatoms. The van der Waals surface area contributed by atoms with Gasteiger partial charge in [-0.05, 0) is 50.0 Å². The van der Waals surface area contributed by atoms with Gasteiger partial charge in [0.2, 0.25) is 0 Å². The topological polar surface area (TPSA) is 33.3 Å². The van der Waals surface area contributed by atoms with Gasteiger partial charge in [-0.1, -0.05) is 12.1 Å². The summed E-state index contributed by atoms with van der Waals surface area (Å²) < 4.78 is 5.20. The fourth-order valence-electron chi connectivity index (χ4n) is 2.89. The Balaban J connectivity index is 1.53. The number of methoxy groups -OCH3 is 1. The van der Waals surface area contributed by atoms with Crippen molar-refractivity contribution in [2.24, 2.45) is 0 Å². The van der Waals surface area contributed by atoms with E-state index >= 15 is 0 Å². The molecule has 18 heavy (non-hydrogen) atoms. The highest BCUT2D eigenvalue weighted by atomic mass is 16.5. The summed E-state index contributed by atoms with van der Waals surface area (Å²) in [6.07, 6.45) is 3.83. The Kier molecular flexibility index (Phi) is 3.52. The standard InChI is InChI=1S/C15H22N2O/c1-18-13-4-2-11(3-5-13)14-10-15(14)17-12-6-8-16-9-7-12/h2-5,12,14-17H,6-10H2,1H3/t14-,15+/m1/s1.